The molecule has 1 aromatic carbocycles. The number of nitrogens with one attached hydrogen (secondary N) is 2. The number of carbonyl (C=O) groups is 2. The highest BCUT2D eigenvalue weighted by Crippen LogP contribution is 2.29. The summed E-state index contributed by atoms with van der Waals surface area (Å²) in [7, 11) is 1.49. The number of anilines is 2. The fraction of sp³-hybridized carbons (Fsp3) is 0.231. The Hall–Kier alpha value is -2.61. The number of fused-ring (bicyclic) bond motifs is 1. The van der Waals surface area contributed by atoms with E-state index in [1.807, 2.05) is 0 Å². The number of amides is 2. The normalized spacial score (nSPS) is 16.1. The molecule has 1 atom stereocenters. The zero-order valence-corrected chi connectivity index (χ0v) is 12.3. The molecule has 0 spiro atoms. The van der Waals surface area contributed by atoms with Crippen LogP contribution in [0.4, 0.5) is 11.6 Å². The maximum atomic E-state index is 12.2. The highest BCUT2D eigenvalue weighted by Gasteiger charge is 2.33. The first-order chi connectivity index (χ1) is 10.6. The van der Waals surface area contributed by atoms with Gasteiger partial charge in [0.25, 0.3) is 5.91 Å². The second-order valence-electron chi connectivity index (χ2n) is 4.63. The average Bonchev–Trinajstić information content (AvgIpc) is 3.02. The van der Waals surface area contributed by atoms with Gasteiger partial charge < -0.3 is 10.1 Å². The number of aromatic nitrogens is 3. The fourth-order valence-corrected chi connectivity index (χ4v) is 2.38. The van der Waals surface area contributed by atoms with E-state index in [9.17, 15) is 9.59 Å². The summed E-state index contributed by atoms with van der Waals surface area (Å²) in [4.78, 5) is 27.9. The van der Waals surface area contributed by atoms with Crippen LogP contribution in [0.1, 0.15) is 12.5 Å². The SMILES string of the molecule is COc1ccc(Cl)cc1NC(=O)C[C@H]1C(=O)Nc2ncnn21. The van der Waals surface area contributed by atoms with Crippen molar-refractivity contribution in [2.24, 2.45) is 0 Å². The Labute approximate surface area is 130 Å². The lowest BCUT2D eigenvalue weighted by Crippen LogP contribution is -2.23. The monoisotopic (exact) mass is 321 g/mol. The van der Waals surface area contributed by atoms with Gasteiger partial charge in [0.05, 0.1) is 19.2 Å². The van der Waals surface area contributed by atoms with E-state index in [2.05, 4.69) is 20.7 Å². The van der Waals surface area contributed by atoms with Crippen LogP contribution in [0.3, 0.4) is 0 Å². The zero-order chi connectivity index (χ0) is 15.7. The minimum atomic E-state index is -0.720. The molecule has 0 radical (unpaired) electrons. The lowest BCUT2D eigenvalue weighted by Gasteiger charge is -2.12. The van der Waals surface area contributed by atoms with E-state index in [1.54, 1.807) is 18.2 Å². The summed E-state index contributed by atoms with van der Waals surface area (Å²) in [5, 5.41) is 9.63. The summed E-state index contributed by atoms with van der Waals surface area (Å²) in [5.74, 6) is 0.145. The van der Waals surface area contributed by atoms with Gasteiger partial charge in [0.15, 0.2) is 0 Å². The largest absolute Gasteiger partial charge is 0.495 e. The molecule has 3 rings (SSSR count). The molecule has 1 aliphatic rings. The third-order valence-corrected chi connectivity index (χ3v) is 3.46. The van der Waals surface area contributed by atoms with Gasteiger partial charge in [-0.1, -0.05) is 11.6 Å². The average molecular weight is 322 g/mol. The minimum Gasteiger partial charge on any atom is -0.495 e. The number of halogens is 1. The molecule has 0 fully saturated rings. The number of hydrogen-bond donors (Lipinski definition) is 2. The van der Waals surface area contributed by atoms with Gasteiger partial charge in [-0.2, -0.15) is 10.1 Å². The Morgan fingerprint density at radius 2 is 2.36 bits per heavy atom. The van der Waals surface area contributed by atoms with Gasteiger partial charge >= 0.3 is 0 Å². The number of nitrogens with zero attached hydrogens (tertiary/aromatic N) is 3. The molecule has 114 valence electrons. The predicted molar refractivity (Wildman–Crippen MR) is 78.9 cm³/mol. The number of methoxy groups -OCH3 is 1. The van der Waals surface area contributed by atoms with Crippen molar-refractivity contribution >= 4 is 35.1 Å². The van der Waals surface area contributed by atoms with Crippen LogP contribution in [0.2, 0.25) is 5.02 Å². The topological polar surface area (TPSA) is 98.1 Å². The van der Waals surface area contributed by atoms with Gasteiger partial charge in [0, 0.05) is 5.02 Å². The van der Waals surface area contributed by atoms with Crippen LogP contribution in [0.15, 0.2) is 24.5 Å². The first-order valence-electron chi connectivity index (χ1n) is 6.42. The van der Waals surface area contributed by atoms with Gasteiger partial charge in [0.1, 0.15) is 18.1 Å². The van der Waals surface area contributed by atoms with Crippen LogP contribution >= 0.6 is 11.6 Å². The molecule has 9 heteroatoms. The van der Waals surface area contributed by atoms with E-state index >= 15 is 0 Å². The minimum absolute atomic E-state index is 0.0716. The van der Waals surface area contributed by atoms with Crippen molar-refractivity contribution in [3.05, 3.63) is 29.5 Å². The van der Waals surface area contributed by atoms with E-state index in [4.69, 9.17) is 16.3 Å². The maximum absolute atomic E-state index is 12.2. The molecule has 0 saturated heterocycles. The first-order valence-corrected chi connectivity index (χ1v) is 6.80. The number of rotatable bonds is 4. The van der Waals surface area contributed by atoms with Gasteiger partial charge in [0.2, 0.25) is 11.9 Å². The van der Waals surface area contributed by atoms with E-state index < -0.39 is 6.04 Å². The van der Waals surface area contributed by atoms with Crippen molar-refractivity contribution in [1.29, 1.82) is 0 Å². The fourth-order valence-electron chi connectivity index (χ4n) is 2.21. The molecule has 0 unspecified atom stereocenters. The van der Waals surface area contributed by atoms with Crippen LogP contribution in [0.5, 0.6) is 5.75 Å². The molecule has 1 aliphatic heterocycles. The first kappa shape index (κ1) is 14.3. The second-order valence-corrected chi connectivity index (χ2v) is 5.07. The molecule has 2 amide bonds. The van der Waals surface area contributed by atoms with Crippen molar-refractivity contribution in [3.63, 3.8) is 0 Å². The molecular formula is C13H12ClN5O3. The van der Waals surface area contributed by atoms with Crippen LogP contribution < -0.4 is 15.4 Å². The smallest absolute Gasteiger partial charge is 0.252 e. The summed E-state index contributed by atoms with van der Waals surface area (Å²) in [6.07, 6.45) is 1.25. The van der Waals surface area contributed by atoms with Crippen LogP contribution in [0, 0.1) is 0 Å². The van der Waals surface area contributed by atoms with Crippen molar-refractivity contribution in [2.45, 2.75) is 12.5 Å². The molecule has 0 aliphatic carbocycles. The standard InChI is InChI=1S/C13H12ClN5O3/c1-22-10-3-2-7(14)4-8(10)17-11(20)5-9-12(21)18-13-15-6-16-19(9)13/h2-4,6,9H,5H2,1H3,(H,17,20)(H,15,16,18,21)/t9-/m0/s1. The van der Waals surface area contributed by atoms with Crippen molar-refractivity contribution in [2.75, 3.05) is 17.7 Å². The van der Waals surface area contributed by atoms with E-state index in [0.717, 1.165) is 0 Å². The second kappa shape index (κ2) is 5.64. The zero-order valence-electron chi connectivity index (χ0n) is 11.5. The van der Waals surface area contributed by atoms with Crippen molar-refractivity contribution < 1.29 is 14.3 Å². The third kappa shape index (κ3) is 2.60. The Balaban J connectivity index is 1.74. The van der Waals surface area contributed by atoms with Crippen LogP contribution in [-0.2, 0) is 9.59 Å². The highest BCUT2D eigenvalue weighted by atomic mass is 35.5. The molecule has 2 aromatic rings. The molecule has 1 aromatic heterocycles. The molecular weight excluding hydrogens is 310 g/mol. The summed E-state index contributed by atoms with van der Waals surface area (Å²) in [5.41, 5.74) is 0.442. The number of ether oxygens (including phenoxy) is 1. The van der Waals surface area contributed by atoms with Crippen molar-refractivity contribution in [3.8, 4) is 5.75 Å². The molecule has 2 heterocycles. The quantitative estimate of drug-likeness (QED) is 0.888. The van der Waals surface area contributed by atoms with Gasteiger partial charge in [-0.05, 0) is 18.2 Å². The molecule has 0 bridgehead atoms. The van der Waals surface area contributed by atoms with Crippen LogP contribution in [-0.4, -0.2) is 33.7 Å². The lowest BCUT2D eigenvalue weighted by molar-refractivity contribution is -0.123. The Morgan fingerprint density at radius 1 is 1.55 bits per heavy atom. The number of hydrogen-bond acceptors (Lipinski definition) is 5. The predicted octanol–water partition coefficient (Wildman–Crippen LogP) is 1.46. The molecule has 8 nitrogen and oxygen atoms in total. The van der Waals surface area contributed by atoms with E-state index in [-0.39, 0.29) is 18.2 Å². The van der Waals surface area contributed by atoms with Crippen LogP contribution in [0.25, 0.3) is 0 Å². The van der Waals surface area contributed by atoms with Gasteiger partial charge in [-0.3, -0.25) is 14.9 Å². The van der Waals surface area contributed by atoms with Gasteiger partial charge in [-0.25, -0.2) is 4.68 Å². The summed E-state index contributed by atoms with van der Waals surface area (Å²) in [6.45, 7) is 0. The summed E-state index contributed by atoms with van der Waals surface area (Å²) in [6, 6.07) is 4.16. The Bertz CT molecular complexity index is 745. The third-order valence-electron chi connectivity index (χ3n) is 3.22. The molecule has 0 saturated carbocycles. The highest BCUT2D eigenvalue weighted by molar-refractivity contribution is 6.31. The van der Waals surface area contributed by atoms with Gasteiger partial charge in [-0.15, -0.1) is 0 Å². The summed E-state index contributed by atoms with van der Waals surface area (Å²) < 4.78 is 6.54. The molecule has 2 N–H and O–H groups in total. The lowest BCUT2D eigenvalue weighted by atomic mass is 10.2. The van der Waals surface area contributed by atoms with Crippen molar-refractivity contribution in [1.82, 2.24) is 14.8 Å². The van der Waals surface area contributed by atoms with E-state index in [1.165, 1.54) is 18.1 Å². The Morgan fingerprint density at radius 3 is 3.14 bits per heavy atom. The maximum Gasteiger partial charge on any atom is 0.252 e. The Kier molecular flexibility index (Phi) is 3.68. The van der Waals surface area contributed by atoms with E-state index in [0.29, 0.717) is 22.4 Å². The molecule has 22 heavy (non-hydrogen) atoms. The summed E-state index contributed by atoms with van der Waals surface area (Å²) >= 11 is 5.91. The number of benzene rings is 1. The number of carbonyl (C=O) groups excluding carboxylic acids is 2.